The Kier molecular flexibility index (Phi) is 6.41. The first kappa shape index (κ1) is 20.2. The van der Waals surface area contributed by atoms with Gasteiger partial charge in [0.2, 0.25) is 0 Å². The van der Waals surface area contributed by atoms with Gasteiger partial charge in [0.25, 0.3) is 5.91 Å². The summed E-state index contributed by atoms with van der Waals surface area (Å²) < 4.78 is 0. The van der Waals surface area contributed by atoms with Crippen LogP contribution in [-0.4, -0.2) is 55.0 Å². The Morgan fingerprint density at radius 3 is 2.48 bits per heavy atom. The summed E-state index contributed by atoms with van der Waals surface area (Å²) >= 11 is 6.11. The van der Waals surface area contributed by atoms with Crippen molar-refractivity contribution < 1.29 is 4.79 Å². The monoisotopic (exact) mass is 411 g/mol. The molecule has 0 unspecified atom stereocenters. The number of nitrogens with zero attached hydrogens (tertiary/aromatic N) is 3. The van der Waals surface area contributed by atoms with Crippen molar-refractivity contribution in [2.24, 2.45) is 5.92 Å². The molecule has 2 aliphatic rings. The molecule has 29 heavy (non-hydrogen) atoms. The van der Waals surface area contributed by atoms with Gasteiger partial charge in [-0.1, -0.05) is 36.7 Å². The van der Waals surface area contributed by atoms with Crippen molar-refractivity contribution in [3.8, 4) is 0 Å². The Hall–Kier alpha value is -2.04. The minimum absolute atomic E-state index is 0.133. The molecule has 0 aromatic heterocycles. The lowest BCUT2D eigenvalue weighted by atomic mass is 9.99. The molecule has 2 aromatic rings. The molecule has 0 bridgehead atoms. The normalized spacial score (nSPS) is 20.7. The van der Waals surface area contributed by atoms with Crippen LogP contribution in [0.25, 0.3) is 0 Å². The zero-order valence-electron chi connectivity index (χ0n) is 17.2. The molecule has 0 N–H and O–H groups in total. The Labute approximate surface area is 179 Å². The SMILES string of the molecule is C[C@@H]1CCCN(Cc2ccc(C(=O)N3CCN(c4cccc(Cl)c4)CC3)cc2)C1. The van der Waals surface area contributed by atoms with Crippen LogP contribution in [0.4, 0.5) is 5.69 Å². The summed E-state index contributed by atoms with van der Waals surface area (Å²) in [5.41, 5.74) is 3.21. The van der Waals surface area contributed by atoms with Gasteiger partial charge in [-0.25, -0.2) is 0 Å². The van der Waals surface area contributed by atoms with Gasteiger partial charge in [0, 0.05) is 55.5 Å². The van der Waals surface area contributed by atoms with Crippen molar-refractivity contribution in [1.29, 1.82) is 0 Å². The van der Waals surface area contributed by atoms with E-state index in [0.717, 1.165) is 54.9 Å². The van der Waals surface area contributed by atoms with Crippen LogP contribution in [0, 0.1) is 5.92 Å². The molecule has 5 heteroatoms. The fourth-order valence-electron chi connectivity index (χ4n) is 4.46. The van der Waals surface area contributed by atoms with Gasteiger partial charge < -0.3 is 9.80 Å². The predicted molar refractivity (Wildman–Crippen MR) is 120 cm³/mol. The van der Waals surface area contributed by atoms with Crippen LogP contribution in [0.2, 0.25) is 5.02 Å². The Balaban J connectivity index is 1.32. The molecular weight excluding hydrogens is 382 g/mol. The van der Waals surface area contributed by atoms with Gasteiger partial charge in [-0.15, -0.1) is 0 Å². The number of piperazine rings is 1. The van der Waals surface area contributed by atoms with Crippen LogP contribution < -0.4 is 4.90 Å². The summed E-state index contributed by atoms with van der Waals surface area (Å²) in [5.74, 6) is 0.920. The maximum atomic E-state index is 12.9. The maximum absolute atomic E-state index is 12.9. The molecule has 2 fully saturated rings. The number of hydrogen-bond acceptors (Lipinski definition) is 3. The fourth-order valence-corrected chi connectivity index (χ4v) is 4.65. The molecule has 2 heterocycles. The Morgan fingerprint density at radius 2 is 1.79 bits per heavy atom. The molecule has 0 aliphatic carbocycles. The van der Waals surface area contributed by atoms with E-state index in [0.29, 0.717) is 0 Å². The fraction of sp³-hybridized carbons (Fsp3) is 0.458. The van der Waals surface area contributed by atoms with Crippen LogP contribution in [-0.2, 0) is 6.54 Å². The lowest BCUT2D eigenvalue weighted by Gasteiger charge is -2.36. The highest BCUT2D eigenvalue weighted by Gasteiger charge is 2.22. The summed E-state index contributed by atoms with van der Waals surface area (Å²) in [6.07, 6.45) is 2.63. The number of carbonyl (C=O) groups is 1. The second kappa shape index (κ2) is 9.19. The average molecular weight is 412 g/mol. The van der Waals surface area contributed by atoms with Crippen molar-refractivity contribution in [2.75, 3.05) is 44.2 Å². The van der Waals surface area contributed by atoms with E-state index in [9.17, 15) is 4.79 Å². The van der Waals surface area contributed by atoms with E-state index in [1.54, 1.807) is 0 Å². The van der Waals surface area contributed by atoms with E-state index in [-0.39, 0.29) is 5.91 Å². The van der Waals surface area contributed by atoms with Crippen molar-refractivity contribution in [2.45, 2.75) is 26.3 Å². The lowest BCUT2D eigenvalue weighted by Crippen LogP contribution is -2.48. The first-order valence-electron chi connectivity index (χ1n) is 10.7. The van der Waals surface area contributed by atoms with Crippen LogP contribution in [0.5, 0.6) is 0 Å². The molecule has 2 aromatic carbocycles. The number of benzene rings is 2. The van der Waals surface area contributed by atoms with Crippen molar-refractivity contribution in [1.82, 2.24) is 9.80 Å². The first-order valence-corrected chi connectivity index (χ1v) is 11.1. The molecule has 1 amide bonds. The third-order valence-electron chi connectivity index (χ3n) is 6.09. The number of amides is 1. The number of likely N-dealkylation sites (tertiary alicyclic amines) is 1. The molecule has 1 atom stereocenters. The Bertz CT molecular complexity index is 830. The summed E-state index contributed by atoms with van der Waals surface area (Å²) in [7, 11) is 0. The van der Waals surface area contributed by atoms with Crippen molar-refractivity contribution in [3.63, 3.8) is 0 Å². The molecular formula is C24H30ClN3O. The van der Waals surface area contributed by atoms with Crippen LogP contribution in [0.3, 0.4) is 0 Å². The van der Waals surface area contributed by atoms with E-state index >= 15 is 0 Å². The summed E-state index contributed by atoms with van der Waals surface area (Å²) in [5, 5.41) is 0.750. The predicted octanol–water partition coefficient (Wildman–Crippen LogP) is 4.53. The molecule has 154 valence electrons. The second-order valence-electron chi connectivity index (χ2n) is 8.44. The van der Waals surface area contributed by atoms with Crippen molar-refractivity contribution in [3.05, 3.63) is 64.7 Å². The average Bonchev–Trinajstić information content (AvgIpc) is 2.74. The summed E-state index contributed by atoms with van der Waals surface area (Å²) in [4.78, 5) is 19.7. The van der Waals surface area contributed by atoms with E-state index < -0.39 is 0 Å². The summed E-state index contributed by atoms with van der Waals surface area (Å²) in [6, 6.07) is 16.2. The van der Waals surface area contributed by atoms with Crippen LogP contribution in [0.15, 0.2) is 48.5 Å². The molecule has 2 saturated heterocycles. The number of hydrogen-bond donors (Lipinski definition) is 0. The zero-order valence-corrected chi connectivity index (χ0v) is 17.9. The highest BCUT2D eigenvalue weighted by atomic mass is 35.5. The number of halogens is 1. The third-order valence-corrected chi connectivity index (χ3v) is 6.32. The quantitative estimate of drug-likeness (QED) is 0.739. The van der Waals surface area contributed by atoms with E-state index in [1.807, 2.05) is 35.2 Å². The molecule has 4 nitrogen and oxygen atoms in total. The lowest BCUT2D eigenvalue weighted by molar-refractivity contribution is 0.0746. The third kappa shape index (κ3) is 5.12. The van der Waals surface area contributed by atoms with E-state index in [2.05, 4.69) is 34.9 Å². The number of piperidine rings is 1. The zero-order chi connectivity index (χ0) is 20.2. The highest BCUT2D eigenvalue weighted by molar-refractivity contribution is 6.30. The van der Waals surface area contributed by atoms with E-state index in [4.69, 9.17) is 11.6 Å². The van der Waals surface area contributed by atoms with Gasteiger partial charge in [0.15, 0.2) is 0 Å². The van der Waals surface area contributed by atoms with Gasteiger partial charge in [-0.3, -0.25) is 9.69 Å². The second-order valence-corrected chi connectivity index (χ2v) is 8.87. The molecule has 0 saturated carbocycles. The first-order chi connectivity index (χ1) is 14.1. The highest BCUT2D eigenvalue weighted by Crippen LogP contribution is 2.22. The van der Waals surface area contributed by atoms with Crippen LogP contribution >= 0.6 is 11.6 Å². The maximum Gasteiger partial charge on any atom is 0.253 e. The largest absolute Gasteiger partial charge is 0.368 e. The Morgan fingerprint density at radius 1 is 1.03 bits per heavy atom. The number of anilines is 1. The van der Waals surface area contributed by atoms with Gasteiger partial charge in [0.05, 0.1) is 0 Å². The topological polar surface area (TPSA) is 26.8 Å². The number of rotatable bonds is 4. The molecule has 2 aliphatic heterocycles. The standard InChI is InChI=1S/C24H30ClN3O/c1-19-4-3-11-26(17-19)18-20-7-9-21(10-8-20)24(29)28-14-12-27(13-15-28)23-6-2-5-22(25)16-23/h2,5-10,16,19H,3-4,11-15,17-18H2,1H3/t19-/m1/s1. The number of carbonyl (C=O) groups excluding carboxylic acids is 1. The minimum atomic E-state index is 0.133. The smallest absolute Gasteiger partial charge is 0.253 e. The molecule has 0 radical (unpaired) electrons. The molecule has 0 spiro atoms. The van der Waals surface area contributed by atoms with Gasteiger partial charge in [-0.2, -0.15) is 0 Å². The summed E-state index contributed by atoms with van der Waals surface area (Å²) in [6.45, 7) is 8.81. The van der Waals surface area contributed by atoms with Gasteiger partial charge >= 0.3 is 0 Å². The van der Waals surface area contributed by atoms with Crippen molar-refractivity contribution >= 4 is 23.2 Å². The van der Waals surface area contributed by atoms with Crippen LogP contribution in [0.1, 0.15) is 35.7 Å². The molecule has 4 rings (SSSR count). The minimum Gasteiger partial charge on any atom is -0.368 e. The van der Waals surface area contributed by atoms with E-state index in [1.165, 1.54) is 31.5 Å². The van der Waals surface area contributed by atoms with Gasteiger partial charge in [0.1, 0.15) is 0 Å². The van der Waals surface area contributed by atoms with Gasteiger partial charge in [-0.05, 0) is 61.2 Å².